The number of anilines is 2. The minimum absolute atomic E-state index is 0.00430. The van der Waals surface area contributed by atoms with Gasteiger partial charge in [-0.3, -0.25) is 9.55 Å². The summed E-state index contributed by atoms with van der Waals surface area (Å²) in [6.45, 7) is 3.64. The Morgan fingerprint density at radius 2 is 1.82 bits per heavy atom. The molecule has 0 radical (unpaired) electrons. The number of rotatable bonds is 6. The van der Waals surface area contributed by atoms with Crippen molar-refractivity contribution in [3.63, 3.8) is 0 Å². The van der Waals surface area contributed by atoms with Gasteiger partial charge in [-0.1, -0.05) is 29.3 Å². The predicted molar refractivity (Wildman–Crippen MR) is 156 cm³/mol. The van der Waals surface area contributed by atoms with Crippen LogP contribution in [0.25, 0.3) is 5.69 Å². The molecule has 208 valence electrons. The van der Waals surface area contributed by atoms with Crippen LogP contribution >= 0.6 is 23.2 Å². The van der Waals surface area contributed by atoms with E-state index in [9.17, 15) is 13.8 Å². The molecule has 0 spiro atoms. The SMILES string of the molecule is Cc1cncc(-n2c(=O)nc(Nc3cc(F)c(N=S4(=O)CCCC4)cc3Cl)n(Cc3cc(Cl)ccc3C)c2=O)c1. The van der Waals surface area contributed by atoms with Gasteiger partial charge in [0.05, 0.1) is 38.9 Å². The lowest BCUT2D eigenvalue weighted by molar-refractivity contribution is 0.629. The third kappa shape index (κ3) is 5.81. The minimum atomic E-state index is -2.52. The zero-order valence-corrected chi connectivity index (χ0v) is 24.0. The smallest absolute Gasteiger partial charge is 0.324 e. The maximum atomic E-state index is 15.1. The van der Waals surface area contributed by atoms with E-state index in [0.29, 0.717) is 22.1 Å². The second-order valence-electron chi connectivity index (χ2n) is 9.60. The molecule has 3 heterocycles. The summed E-state index contributed by atoms with van der Waals surface area (Å²) in [5, 5.41) is 3.36. The van der Waals surface area contributed by atoms with Gasteiger partial charge in [-0.05, 0) is 67.6 Å². The Labute approximate surface area is 239 Å². The molecular weight excluding hydrogens is 578 g/mol. The quantitative estimate of drug-likeness (QED) is 0.310. The van der Waals surface area contributed by atoms with Crippen LogP contribution in [0, 0.1) is 19.7 Å². The molecule has 9 nitrogen and oxygen atoms in total. The van der Waals surface area contributed by atoms with Gasteiger partial charge in [0.25, 0.3) is 0 Å². The normalized spacial score (nSPS) is 14.3. The number of hydrogen-bond acceptors (Lipinski definition) is 7. The Morgan fingerprint density at radius 1 is 1.07 bits per heavy atom. The van der Waals surface area contributed by atoms with Gasteiger partial charge in [-0.25, -0.2) is 22.8 Å². The number of aromatic nitrogens is 4. The Bertz CT molecular complexity index is 1870. The van der Waals surface area contributed by atoms with Crippen molar-refractivity contribution in [2.45, 2.75) is 33.2 Å². The lowest BCUT2D eigenvalue weighted by atomic mass is 10.1. The monoisotopic (exact) mass is 602 g/mol. The molecule has 0 unspecified atom stereocenters. The van der Waals surface area contributed by atoms with Crippen molar-refractivity contribution in [1.29, 1.82) is 0 Å². The summed E-state index contributed by atoms with van der Waals surface area (Å²) in [5.41, 5.74) is 0.946. The molecule has 2 aromatic heterocycles. The Kier molecular flexibility index (Phi) is 7.80. The molecule has 2 aromatic carbocycles. The Hall–Kier alpha value is -3.54. The summed E-state index contributed by atoms with van der Waals surface area (Å²) in [5.74, 6) is -0.0782. The third-order valence-corrected chi connectivity index (χ3v) is 9.48. The van der Waals surface area contributed by atoms with Crippen molar-refractivity contribution in [1.82, 2.24) is 19.1 Å². The van der Waals surface area contributed by atoms with Crippen LogP contribution < -0.4 is 16.7 Å². The first-order chi connectivity index (χ1) is 19.0. The molecule has 0 saturated carbocycles. The van der Waals surface area contributed by atoms with Gasteiger partial charge in [-0.15, -0.1) is 0 Å². The average Bonchev–Trinajstić information content (AvgIpc) is 3.32. The lowest BCUT2D eigenvalue weighted by Crippen LogP contribution is -2.42. The maximum Gasteiger partial charge on any atom is 0.359 e. The third-order valence-electron chi connectivity index (χ3n) is 6.55. The molecule has 0 bridgehead atoms. The number of aryl methyl sites for hydroxylation is 2. The van der Waals surface area contributed by atoms with E-state index in [1.165, 1.54) is 16.8 Å². The summed E-state index contributed by atoms with van der Waals surface area (Å²) in [7, 11) is -2.52. The van der Waals surface area contributed by atoms with Crippen molar-refractivity contribution in [3.05, 3.63) is 102 Å². The van der Waals surface area contributed by atoms with E-state index < -0.39 is 26.9 Å². The van der Waals surface area contributed by atoms with E-state index in [0.717, 1.165) is 34.6 Å². The van der Waals surface area contributed by atoms with E-state index in [1.807, 2.05) is 13.0 Å². The molecule has 1 saturated heterocycles. The highest BCUT2D eigenvalue weighted by Crippen LogP contribution is 2.33. The Morgan fingerprint density at radius 3 is 2.55 bits per heavy atom. The van der Waals surface area contributed by atoms with E-state index in [4.69, 9.17) is 23.2 Å². The zero-order chi connectivity index (χ0) is 28.6. The van der Waals surface area contributed by atoms with E-state index in [1.54, 1.807) is 31.3 Å². The van der Waals surface area contributed by atoms with Crippen LogP contribution in [0.2, 0.25) is 10.0 Å². The first-order valence-electron chi connectivity index (χ1n) is 12.4. The number of benzene rings is 2. The van der Waals surface area contributed by atoms with Gasteiger partial charge < -0.3 is 5.32 Å². The van der Waals surface area contributed by atoms with Crippen molar-refractivity contribution >= 4 is 50.3 Å². The van der Waals surface area contributed by atoms with Crippen molar-refractivity contribution in [2.75, 3.05) is 16.8 Å². The highest BCUT2D eigenvalue weighted by atomic mass is 35.5. The fourth-order valence-corrected chi connectivity index (χ4v) is 7.04. The second kappa shape index (κ2) is 11.1. The highest BCUT2D eigenvalue weighted by molar-refractivity contribution is 7.93. The molecule has 1 aliphatic heterocycles. The molecular formula is C27H25Cl2FN6O3S. The second-order valence-corrected chi connectivity index (χ2v) is 13.0. The predicted octanol–water partition coefficient (Wildman–Crippen LogP) is 5.54. The van der Waals surface area contributed by atoms with Gasteiger partial charge in [-0.2, -0.15) is 9.35 Å². The number of halogens is 3. The first-order valence-corrected chi connectivity index (χ1v) is 15.0. The van der Waals surface area contributed by atoms with Gasteiger partial charge in [0.15, 0.2) is 5.82 Å². The van der Waals surface area contributed by atoms with Gasteiger partial charge in [0, 0.05) is 28.8 Å². The first kappa shape index (κ1) is 28.0. The van der Waals surface area contributed by atoms with Crippen LogP contribution in [0.5, 0.6) is 0 Å². The van der Waals surface area contributed by atoms with E-state index >= 15 is 4.39 Å². The zero-order valence-electron chi connectivity index (χ0n) is 21.7. The van der Waals surface area contributed by atoms with Crippen molar-refractivity contribution < 1.29 is 8.60 Å². The number of hydrogen-bond donors (Lipinski definition) is 1. The molecule has 0 atom stereocenters. The molecule has 5 rings (SSSR count). The van der Waals surface area contributed by atoms with E-state index in [2.05, 4.69) is 19.6 Å². The maximum absolute atomic E-state index is 15.1. The van der Waals surface area contributed by atoms with Crippen LogP contribution in [0.4, 0.5) is 21.7 Å². The van der Waals surface area contributed by atoms with E-state index in [-0.39, 0.29) is 34.6 Å². The fourth-order valence-electron chi connectivity index (χ4n) is 4.45. The molecule has 0 aliphatic carbocycles. The van der Waals surface area contributed by atoms with Gasteiger partial charge >= 0.3 is 11.4 Å². The van der Waals surface area contributed by atoms with Crippen LogP contribution in [-0.2, 0) is 16.3 Å². The van der Waals surface area contributed by atoms with Crippen LogP contribution in [-0.4, -0.2) is 34.8 Å². The van der Waals surface area contributed by atoms with Gasteiger partial charge in [0.1, 0.15) is 5.69 Å². The van der Waals surface area contributed by atoms with Crippen LogP contribution in [0.1, 0.15) is 29.5 Å². The number of nitrogens with zero attached hydrogens (tertiary/aromatic N) is 5. The lowest BCUT2D eigenvalue weighted by Gasteiger charge is -2.17. The number of nitrogens with one attached hydrogen (secondary N) is 1. The summed E-state index contributed by atoms with van der Waals surface area (Å²) in [4.78, 5) is 35.1. The average molecular weight is 604 g/mol. The van der Waals surface area contributed by atoms with Crippen LogP contribution in [0.15, 0.2) is 62.7 Å². The topological polar surface area (TPSA) is 111 Å². The van der Waals surface area contributed by atoms with Gasteiger partial charge in [0.2, 0.25) is 5.95 Å². The summed E-state index contributed by atoms with van der Waals surface area (Å²) < 4.78 is 34.2. The molecule has 1 aliphatic rings. The minimum Gasteiger partial charge on any atom is -0.324 e. The molecule has 1 N–H and O–H groups in total. The molecule has 13 heteroatoms. The summed E-state index contributed by atoms with van der Waals surface area (Å²) >= 11 is 12.7. The molecule has 0 amide bonds. The summed E-state index contributed by atoms with van der Waals surface area (Å²) in [6, 6.07) is 9.25. The van der Waals surface area contributed by atoms with Crippen molar-refractivity contribution in [3.8, 4) is 5.69 Å². The largest absolute Gasteiger partial charge is 0.359 e. The summed E-state index contributed by atoms with van der Waals surface area (Å²) in [6.07, 6.45) is 4.54. The molecule has 4 aromatic rings. The van der Waals surface area contributed by atoms with Crippen LogP contribution in [0.3, 0.4) is 0 Å². The number of pyridine rings is 1. The standard InChI is InChI=1S/C27H25Cl2FN6O3S/c1-16-9-20(14-31-13-16)36-26(37)33-25(35(27(36)38)15-18-10-19(28)6-5-17(18)2)32-23-12-22(30)24(11-21(23)29)34-40(39)7-3-4-8-40/h5-6,9-14H,3-4,7-8,15H2,1-2H3,(H,32,33,37). The molecule has 1 fully saturated rings. The fraction of sp³-hybridized carbons (Fsp3) is 0.259. The Balaban J connectivity index is 1.63. The molecule has 40 heavy (non-hydrogen) atoms. The highest BCUT2D eigenvalue weighted by Gasteiger charge is 2.20. The van der Waals surface area contributed by atoms with Crippen molar-refractivity contribution in [2.24, 2.45) is 4.36 Å².